The van der Waals surface area contributed by atoms with Gasteiger partial charge in [-0.05, 0) is 0 Å². The van der Waals surface area contributed by atoms with Gasteiger partial charge in [-0.15, -0.1) is 0 Å². The lowest BCUT2D eigenvalue weighted by molar-refractivity contribution is -0.132. The minimum Gasteiger partial charge on any atom is -0.394 e. The quantitative estimate of drug-likeness (QED) is 0.296. The zero-order valence-electron chi connectivity index (χ0n) is 9.17. The summed E-state index contributed by atoms with van der Waals surface area (Å²) in [5.74, 6) is 0.0880. The molecule has 102 valence electrons. The molecule has 1 aromatic rings. The maximum Gasteiger partial charge on any atom is 0.349 e. The lowest BCUT2D eigenvalue weighted by Gasteiger charge is -2.09. The van der Waals surface area contributed by atoms with E-state index in [1.807, 2.05) is 0 Å². The fraction of sp³-hybridized carbons (Fsp3) is 0.625. The predicted molar refractivity (Wildman–Crippen MR) is 57.0 cm³/mol. The number of hydrogen-bond acceptors (Lipinski definition) is 9. The van der Waals surface area contributed by atoms with E-state index in [4.69, 9.17) is 26.2 Å². The Balaban J connectivity index is 0.000000184. The summed E-state index contributed by atoms with van der Waals surface area (Å²) >= 11 is 0. The molecule has 1 fully saturated rings. The molecule has 1 aliphatic heterocycles. The van der Waals surface area contributed by atoms with E-state index < -0.39 is 36.9 Å². The second kappa shape index (κ2) is 6.37. The molecule has 18 heavy (non-hydrogen) atoms. The molecule has 0 radical (unpaired) electrons. The van der Waals surface area contributed by atoms with Gasteiger partial charge in [-0.3, -0.25) is 4.98 Å². The van der Waals surface area contributed by atoms with E-state index in [1.165, 1.54) is 0 Å². The number of H-pyrrole nitrogens is 1. The van der Waals surface area contributed by atoms with Crippen molar-refractivity contribution < 1.29 is 25.2 Å². The van der Waals surface area contributed by atoms with Crippen LogP contribution >= 0.6 is 0 Å². The van der Waals surface area contributed by atoms with Crippen LogP contribution in [0.4, 0.5) is 5.95 Å². The average molecular weight is 262 g/mol. The van der Waals surface area contributed by atoms with Gasteiger partial charge in [0.05, 0.1) is 6.61 Å². The summed E-state index contributed by atoms with van der Waals surface area (Å²) in [5, 5.41) is 35.0. The molecule has 10 heteroatoms. The van der Waals surface area contributed by atoms with Gasteiger partial charge in [0.1, 0.15) is 24.6 Å². The largest absolute Gasteiger partial charge is 0.394 e. The second-order valence-corrected chi connectivity index (χ2v) is 3.42. The highest BCUT2D eigenvalue weighted by Crippen LogP contribution is 2.18. The van der Waals surface area contributed by atoms with E-state index >= 15 is 0 Å². The molecule has 1 unspecified atom stereocenters. The van der Waals surface area contributed by atoms with Crippen LogP contribution in [0.5, 0.6) is 0 Å². The Morgan fingerprint density at radius 3 is 2.28 bits per heavy atom. The standard InChI is InChI=1S/C5H10O5.C3H4N4O/c6-1-2-3(7)4(8)5(9)10-2;4-2-5-1-6-3(8)7-2/h2-9H,1H2;1H,(H3,4,5,6,7,8)/t2-,3-,4-,5?;/m1./s1. The monoisotopic (exact) mass is 262 g/mol. The first-order valence-corrected chi connectivity index (χ1v) is 4.93. The van der Waals surface area contributed by atoms with Crippen LogP contribution in [-0.2, 0) is 4.74 Å². The molecule has 0 aromatic carbocycles. The van der Waals surface area contributed by atoms with Crippen molar-refractivity contribution in [2.45, 2.75) is 24.6 Å². The number of nitrogens with two attached hydrogens (primary N) is 1. The van der Waals surface area contributed by atoms with Crippen molar-refractivity contribution in [2.24, 2.45) is 0 Å². The topological polar surface area (TPSA) is 175 Å². The number of aliphatic hydroxyl groups excluding tert-OH is 4. The fourth-order valence-electron chi connectivity index (χ4n) is 1.20. The first-order chi connectivity index (χ1) is 8.45. The maximum atomic E-state index is 10.2. The number of anilines is 1. The van der Waals surface area contributed by atoms with Gasteiger partial charge < -0.3 is 30.9 Å². The van der Waals surface area contributed by atoms with Crippen molar-refractivity contribution in [1.29, 1.82) is 0 Å². The van der Waals surface area contributed by atoms with Crippen LogP contribution in [-0.4, -0.2) is 66.6 Å². The summed E-state index contributed by atoms with van der Waals surface area (Å²) < 4.78 is 4.54. The molecule has 1 aromatic heterocycles. The van der Waals surface area contributed by atoms with Gasteiger partial charge in [-0.2, -0.15) is 4.98 Å². The molecule has 7 N–H and O–H groups in total. The predicted octanol–water partition coefficient (Wildman–Crippen LogP) is -3.84. The van der Waals surface area contributed by atoms with Crippen LogP contribution in [0.3, 0.4) is 0 Å². The number of ether oxygens (including phenoxy) is 1. The van der Waals surface area contributed by atoms with Gasteiger partial charge in [0.2, 0.25) is 5.95 Å². The first kappa shape index (κ1) is 14.5. The normalized spacial score (nSPS) is 30.7. The zero-order valence-corrected chi connectivity index (χ0v) is 9.17. The average Bonchev–Trinajstić information content (AvgIpc) is 2.57. The molecule has 10 nitrogen and oxygen atoms in total. The second-order valence-electron chi connectivity index (χ2n) is 3.42. The maximum absolute atomic E-state index is 10.2. The van der Waals surface area contributed by atoms with Crippen molar-refractivity contribution in [3.8, 4) is 0 Å². The Morgan fingerprint density at radius 1 is 1.33 bits per heavy atom. The SMILES string of the molecule is Nc1ncnc(=O)[nH]1.OC[C@H]1OC(O)[C@H](O)[C@@H]1O. The number of nitrogens with one attached hydrogen (secondary N) is 1. The molecule has 0 saturated carbocycles. The zero-order chi connectivity index (χ0) is 13.7. The first-order valence-electron chi connectivity index (χ1n) is 4.93. The van der Waals surface area contributed by atoms with E-state index in [2.05, 4.69) is 19.7 Å². The highest BCUT2D eigenvalue weighted by Gasteiger charge is 2.41. The van der Waals surface area contributed by atoms with Crippen molar-refractivity contribution in [3.63, 3.8) is 0 Å². The van der Waals surface area contributed by atoms with Gasteiger partial charge in [0.25, 0.3) is 0 Å². The van der Waals surface area contributed by atoms with Crippen LogP contribution in [0.15, 0.2) is 11.1 Å². The van der Waals surface area contributed by atoms with Crippen molar-refractivity contribution in [2.75, 3.05) is 12.3 Å². The third kappa shape index (κ3) is 3.72. The number of hydrogen-bond donors (Lipinski definition) is 6. The Hall–Kier alpha value is -1.59. The molecule has 2 rings (SSSR count). The Labute approximate surface area is 101 Å². The molecule has 0 amide bonds. The lowest BCUT2D eigenvalue weighted by Crippen LogP contribution is -2.33. The molecule has 0 aliphatic carbocycles. The minimum atomic E-state index is -1.38. The van der Waals surface area contributed by atoms with Crippen molar-refractivity contribution in [1.82, 2.24) is 15.0 Å². The summed E-state index contributed by atoms with van der Waals surface area (Å²) in [5.41, 5.74) is 4.58. The summed E-state index contributed by atoms with van der Waals surface area (Å²) in [6.45, 7) is -0.407. The van der Waals surface area contributed by atoms with Crippen LogP contribution in [0.25, 0.3) is 0 Å². The Morgan fingerprint density at radius 2 is 2.00 bits per heavy atom. The van der Waals surface area contributed by atoms with E-state index in [-0.39, 0.29) is 5.95 Å². The number of aliphatic hydroxyl groups is 4. The third-order valence-corrected chi connectivity index (χ3v) is 2.12. The lowest BCUT2D eigenvalue weighted by atomic mass is 10.1. The summed E-state index contributed by atoms with van der Waals surface area (Å²) in [6.07, 6.45) is -3.65. The van der Waals surface area contributed by atoms with E-state index in [1.54, 1.807) is 0 Å². The van der Waals surface area contributed by atoms with Gasteiger partial charge in [-0.25, -0.2) is 9.78 Å². The fourth-order valence-corrected chi connectivity index (χ4v) is 1.20. The molecule has 1 saturated heterocycles. The molecule has 0 bridgehead atoms. The number of aromatic nitrogens is 3. The molecule has 0 spiro atoms. The number of rotatable bonds is 1. The highest BCUT2D eigenvalue weighted by atomic mass is 16.6. The Kier molecular flexibility index (Phi) is 5.12. The molecule has 1 aliphatic rings. The van der Waals surface area contributed by atoms with Crippen LogP contribution in [0.1, 0.15) is 0 Å². The highest BCUT2D eigenvalue weighted by molar-refractivity contribution is 5.08. The number of nitrogen functional groups attached to an aromatic ring is 1. The van der Waals surface area contributed by atoms with E-state index in [0.29, 0.717) is 0 Å². The molecular weight excluding hydrogens is 248 g/mol. The molecule has 2 heterocycles. The van der Waals surface area contributed by atoms with Crippen LogP contribution in [0, 0.1) is 0 Å². The Bertz CT molecular complexity index is 426. The summed E-state index contributed by atoms with van der Waals surface area (Å²) in [7, 11) is 0. The van der Waals surface area contributed by atoms with Crippen LogP contribution in [0.2, 0.25) is 0 Å². The summed E-state index contributed by atoms with van der Waals surface area (Å²) in [6, 6.07) is 0. The van der Waals surface area contributed by atoms with Gasteiger partial charge in [-0.1, -0.05) is 0 Å². The number of nitrogens with zero attached hydrogens (tertiary/aromatic N) is 2. The van der Waals surface area contributed by atoms with Gasteiger partial charge >= 0.3 is 5.69 Å². The minimum absolute atomic E-state index is 0.0880. The van der Waals surface area contributed by atoms with E-state index in [0.717, 1.165) is 6.33 Å². The van der Waals surface area contributed by atoms with E-state index in [9.17, 15) is 4.79 Å². The van der Waals surface area contributed by atoms with Gasteiger partial charge in [0.15, 0.2) is 6.29 Å². The van der Waals surface area contributed by atoms with Crippen LogP contribution < -0.4 is 11.4 Å². The summed E-state index contributed by atoms with van der Waals surface area (Å²) in [4.78, 5) is 19.1. The molecular formula is C8H14N4O6. The molecule has 4 atom stereocenters. The van der Waals surface area contributed by atoms with Crippen molar-refractivity contribution >= 4 is 5.95 Å². The van der Waals surface area contributed by atoms with Gasteiger partial charge in [0, 0.05) is 0 Å². The van der Waals surface area contributed by atoms with Crippen molar-refractivity contribution in [3.05, 3.63) is 16.8 Å². The smallest absolute Gasteiger partial charge is 0.349 e. The third-order valence-electron chi connectivity index (χ3n) is 2.12. The number of aromatic amines is 1.